The van der Waals surface area contributed by atoms with Gasteiger partial charge in [-0.3, -0.25) is 9.59 Å². The summed E-state index contributed by atoms with van der Waals surface area (Å²) in [5, 5.41) is 11.8. The second-order valence-electron chi connectivity index (χ2n) is 5.68. The van der Waals surface area contributed by atoms with Crippen LogP contribution in [0.3, 0.4) is 0 Å². The molecule has 1 atom stereocenters. The molecule has 0 saturated carbocycles. The summed E-state index contributed by atoms with van der Waals surface area (Å²) in [5.74, 6) is -1.46. The van der Waals surface area contributed by atoms with Gasteiger partial charge in [0.2, 0.25) is 0 Å². The molecule has 5 nitrogen and oxygen atoms in total. The molecule has 0 aliphatic carbocycles. The molecule has 5 heteroatoms. The third kappa shape index (κ3) is 4.67. The number of nitrogens with one attached hydrogen (secondary N) is 1. The van der Waals surface area contributed by atoms with Gasteiger partial charge in [-0.25, -0.2) is 0 Å². The average Bonchev–Trinajstić information content (AvgIpc) is 2.57. The second-order valence-corrected chi connectivity index (χ2v) is 5.68. The predicted octanol–water partition coefficient (Wildman–Crippen LogP) is 3.35. The highest BCUT2D eigenvalue weighted by atomic mass is 16.5. The van der Waals surface area contributed by atoms with Crippen LogP contribution in [0.4, 0.5) is 5.69 Å². The fraction of sp³-hybridized carbons (Fsp3) is 0.263. The number of amides is 1. The van der Waals surface area contributed by atoms with Gasteiger partial charge >= 0.3 is 5.97 Å². The number of methoxy groups -OCH3 is 1. The minimum Gasteiger partial charge on any atom is -0.481 e. The van der Waals surface area contributed by atoms with Crippen molar-refractivity contribution in [1.29, 1.82) is 0 Å². The Bertz CT molecular complexity index is 710. The number of benzene rings is 2. The Balaban J connectivity index is 2.06. The summed E-state index contributed by atoms with van der Waals surface area (Å²) in [6.45, 7) is 2.04. The van der Waals surface area contributed by atoms with Gasteiger partial charge in [0.25, 0.3) is 5.91 Å². The first-order valence-electron chi connectivity index (χ1n) is 7.71. The van der Waals surface area contributed by atoms with Crippen LogP contribution in [-0.4, -0.2) is 24.1 Å². The summed E-state index contributed by atoms with van der Waals surface area (Å²) in [4.78, 5) is 23.3. The number of hydrogen-bond acceptors (Lipinski definition) is 3. The molecule has 0 heterocycles. The SMILES string of the molecule is COCc1ccccc1C(=O)Nc1ccc(CC(C)C(=O)O)cc1. The maximum absolute atomic E-state index is 12.4. The van der Waals surface area contributed by atoms with Crippen LogP contribution >= 0.6 is 0 Å². The fourth-order valence-electron chi connectivity index (χ4n) is 2.39. The molecule has 0 saturated heterocycles. The number of carboxylic acid groups (broad SMARTS) is 1. The smallest absolute Gasteiger partial charge is 0.306 e. The van der Waals surface area contributed by atoms with Gasteiger partial charge in [0.1, 0.15) is 0 Å². The van der Waals surface area contributed by atoms with Crippen LogP contribution in [0.5, 0.6) is 0 Å². The van der Waals surface area contributed by atoms with Crippen molar-refractivity contribution in [3.63, 3.8) is 0 Å². The lowest BCUT2D eigenvalue weighted by molar-refractivity contribution is -0.141. The van der Waals surface area contributed by atoms with Crippen molar-refractivity contribution in [1.82, 2.24) is 0 Å². The minimum absolute atomic E-state index is 0.200. The van der Waals surface area contributed by atoms with E-state index in [4.69, 9.17) is 9.84 Å². The van der Waals surface area contributed by atoms with Crippen molar-refractivity contribution >= 4 is 17.6 Å². The van der Waals surface area contributed by atoms with Crippen LogP contribution in [0.15, 0.2) is 48.5 Å². The molecule has 2 aromatic rings. The van der Waals surface area contributed by atoms with Crippen molar-refractivity contribution in [2.45, 2.75) is 20.0 Å². The zero-order valence-corrected chi connectivity index (χ0v) is 13.8. The summed E-state index contributed by atoms with van der Waals surface area (Å²) >= 11 is 0. The summed E-state index contributed by atoms with van der Waals surface area (Å²) in [6.07, 6.45) is 0.459. The van der Waals surface area contributed by atoms with E-state index in [0.29, 0.717) is 24.3 Å². The lowest BCUT2D eigenvalue weighted by atomic mass is 10.0. The average molecular weight is 327 g/mol. The number of carbonyl (C=O) groups is 2. The minimum atomic E-state index is -0.817. The van der Waals surface area contributed by atoms with Crippen molar-refractivity contribution in [3.8, 4) is 0 Å². The number of anilines is 1. The molecule has 0 aromatic heterocycles. The molecule has 0 spiro atoms. The van der Waals surface area contributed by atoms with Gasteiger partial charge in [0.15, 0.2) is 0 Å². The molecule has 24 heavy (non-hydrogen) atoms. The first-order chi connectivity index (χ1) is 11.5. The van der Waals surface area contributed by atoms with E-state index in [0.717, 1.165) is 11.1 Å². The molecule has 1 unspecified atom stereocenters. The van der Waals surface area contributed by atoms with Crippen LogP contribution in [0, 0.1) is 5.92 Å². The normalized spacial score (nSPS) is 11.8. The Morgan fingerprint density at radius 1 is 1.12 bits per heavy atom. The number of carbonyl (C=O) groups excluding carboxylic acids is 1. The molecule has 2 N–H and O–H groups in total. The van der Waals surface area contributed by atoms with E-state index in [9.17, 15) is 9.59 Å². The molecule has 2 rings (SSSR count). The van der Waals surface area contributed by atoms with E-state index < -0.39 is 11.9 Å². The largest absolute Gasteiger partial charge is 0.481 e. The second kappa shape index (κ2) is 8.26. The van der Waals surface area contributed by atoms with Gasteiger partial charge in [0, 0.05) is 18.4 Å². The molecule has 0 aliphatic rings. The van der Waals surface area contributed by atoms with Crippen LogP contribution in [0.1, 0.15) is 28.4 Å². The zero-order valence-electron chi connectivity index (χ0n) is 13.8. The Morgan fingerprint density at radius 2 is 1.79 bits per heavy atom. The van der Waals surface area contributed by atoms with Crippen molar-refractivity contribution < 1.29 is 19.4 Å². The van der Waals surface area contributed by atoms with Crippen molar-refractivity contribution in [3.05, 3.63) is 65.2 Å². The van der Waals surface area contributed by atoms with Gasteiger partial charge in [-0.15, -0.1) is 0 Å². The van der Waals surface area contributed by atoms with E-state index >= 15 is 0 Å². The lowest BCUT2D eigenvalue weighted by Crippen LogP contribution is -2.15. The first kappa shape index (κ1) is 17.7. The van der Waals surface area contributed by atoms with E-state index in [1.54, 1.807) is 32.2 Å². The highest BCUT2D eigenvalue weighted by Gasteiger charge is 2.13. The summed E-state index contributed by atoms with van der Waals surface area (Å²) in [7, 11) is 1.59. The molecule has 0 fully saturated rings. The Labute approximate surface area is 141 Å². The van der Waals surface area contributed by atoms with Crippen LogP contribution < -0.4 is 5.32 Å². The summed E-state index contributed by atoms with van der Waals surface area (Å²) in [6, 6.07) is 14.5. The Kier molecular flexibility index (Phi) is 6.09. The topological polar surface area (TPSA) is 75.6 Å². The van der Waals surface area contributed by atoms with Gasteiger partial charge in [0.05, 0.1) is 12.5 Å². The third-order valence-corrected chi connectivity index (χ3v) is 3.74. The van der Waals surface area contributed by atoms with E-state index in [2.05, 4.69) is 5.32 Å². The van der Waals surface area contributed by atoms with Gasteiger partial charge in [-0.2, -0.15) is 0 Å². The summed E-state index contributed by atoms with van der Waals surface area (Å²) in [5.41, 5.74) is 2.98. The molecule has 126 valence electrons. The predicted molar refractivity (Wildman–Crippen MR) is 92.1 cm³/mol. The van der Waals surface area contributed by atoms with E-state index in [1.807, 2.05) is 30.3 Å². The number of aliphatic carboxylic acids is 1. The molecule has 1 amide bonds. The van der Waals surface area contributed by atoms with Crippen molar-refractivity contribution in [2.24, 2.45) is 5.92 Å². The maximum Gasteiger partial charge on any atom is 0.306 e. The molecular weight excluding hydrogens is 306 g/mol. The number of carboxylic acids is 1. The van der Waals surface area contributed by atoms with Gasteiger partial charge in [-0.1, -0.05) is 37.3 Å². The highest BCUT2D eigenvalue weighted by molar-refractivity contribution is 6.05. The molecule has 0 radical (unpaired) electrons. The standard InChI is InChI=1S/C19H21NO4/c1-13(19(22)23)11-14-7-9-16(10-8-14)20-18(21)17-6-4-3-5-15(17)12-24-2/h3-10,13H,11-12H2,1-2H3,(H,20,21)(H,22,23). The Morgan fingerprint density at radius 3 is 2.42 bits per heavy atom. The number of hydrogen-bond donors (Lipinski definition) is 2. The zero-order chi connectivity index (χ0) is 17.5. The van der Waals surface area contributed by atoms with Crippen LogP contribution in [0.25, 0.3) is 0 Å². The lowest BCUT2D eigenvalue weighted by Gasteiger charge is -2.11. The van der Waals surface area contributed by atoms with Crippen LogP contribution in [-0.2, 0) is 22.6 Å². The maximum atomic E-state index is 12.4. The Hall–Kier alpha value is -2.66. The van der Waals surface area contributed by atoms with Gasteiger partial charge < -0.3 is 15.2 Å². The first-order valence-corrected chi connectivity index (χ1v) is 7.71. The highest BCUT2D eigenvalue weighted by Crippen LogP contribution is 2.16. The van der Waals surface area contributed by atoms with Crippen LogP contribution in [0.2, 0.25) is 0 Å². The third-order valence-electron chi connectivity index (χ3n) is 3.74. The van der Waals surface area contributed by atoms with E-state index in [1.165, 1.54) is 0 Å². The molecular formula is C19H21NO4. The quantitative estimate of drug-likeness (QED) is 0.818. The summed E-state index contributed by atoms with van der Waals surface area (Å²) < 4.78 is 5.11. The molecule has 2 aromatic carbocycles. The number of rotatable bonds is 7. The van der Waals surface area contributed by atoms with Crippen molar-refractivity contribution in [2.75, 3.05) is 12.4 Å². The monoisotopic (exact) mass is 327 g/mol. The number of ether oxygens (including phenoxy) is 1. The fourth-order valence-corrected chi connectivity index (χ4v) is 2.39. The molecule has 0 bridgehead atoms. The molecule has 0 aliphatic heterocycles. The van der Waals surface area contributed by atoms with E-state index in [-0.39, 0.29) is 5.91 Å². The van der Waals surface area contributed by atoms with Gasteiger partial charge in [-0.05, 0) is 35.7 Å².